The molecule has 2 heterocycles. The van der Waals surface area contributed by atoms with E-state index in [2.05, 4.69) is 45.1 Å². The molecular weight excluding hydrogens is 456 g/mol. The second-order valence-electron chi connectivity index (χ2n) is 9.39. The fourth-order valence-corrected chi connectivity index (χ4v) is 5.97. The molecule has 186 valence electrons. The van der Waals surface area contributed by atoms with Gasteiger partial charge in [-0.05, 0) is 69.2 Å². The number of amides is 2. The lowest BCUT2D eigenvalue weighted by Gasteiger charge is -2.39. The summed E-state index contributed by atoms with van der Waals surface area (Å²) in [5.74, 6) is 0.285. The average molecular weight is 493 g/mol. The summed E-state index contributed by atoms with van der Waals surface area (Å²) in [6.07, 6.45) is 4.98. The summed E-state index contributed by atoms with van der Waals surface area (Å²) < 4.78 is 1.97. The molecule has 2 atom stereocenters. The van der Waals surface area contributed by atoms with Gasteiger partial charge in [-0.2, -0.15) is 0 Å². The molecule has 1 aliphatic heterocycles. The molecule has 1 N–H and O–H groups in total. The Morgan fingerprint density at radius 2 is 1.66 bits per heavy atom. The molecule has 7 heteroatoms. The number of carbonyl (C=O) groups is 2. The SMILES string of the molecule is CCc1cccc(CC)c1NC(=O)CSc1nc2ccccc2n1CC(=O)N1[C@H](C)CCC[C@@H]1C. The number of aromatic nitrogens is 2. The fraction of sp³-hybridized carbons (Fsp3) is 0.464. The molecule has 0 radical (unpaired) electrons. The second-order valence-corrected chi connectivity index (χ2v) is 10.3. The van der Waals surface area contributed by atoms with Gasteiger partial charge in [0.25, 0.3) is 0 Å². The highest BCUT2D eigenvalue weighted by atomic mass is 32.2. The summed E-state index contributed by atoms with van der Waals surface area (Å²) in [6.45, 7) is 8.71. The Kier molecular flexibility index (Phi) is 8.16. The van der Waals surface area contributed by atoms with E-state index in [9.17, 15) is 9.59 Å². The van der Waals surface area contributed by atoms with Gasteiger partial charge in [0.1, 0.15) is 6.54 Å². The number of fused-ring (bicyclic) bond motifs is 1. The number of hydrogen-bond donors (Lipinski definition) is 1. The topological polar surface area (TPSA) is 67.2 Å². The maximum absolute atomic E-state index is 13.4. The lowest BCUT2D eigenvalue weighted by Crippen LogP contribution is -2.48. The number of thioether (sulfide) groups is 1. The number of anilines is 1. The third-order valence-electron chi connectivity index (χ3n) is 6.99. The highest BCUT2D eigenvalue weighted by molar-refractivity contribution is 7.99. The first-order chi connectivity index (χ1) is 16.9. The van der Waals surface area contributed by atoms with Crippen molar-refractivity contribution in [3.63, 3.8) is 0 Å². The molecule has 0 saturated carbocycles. The van der Waals surface area contributed by atoms with E-state index in [4.69, 9.17) is 4.98 Å². The van der Waals surface area contributed by atoms with E-state index in [0.29, 0.717) is 5.16 Å². The first kappa shape index (κ1) is 25.3. The van der Waals surface area contributed by atoms with Gasteiger partial charge in [0, 0.05) is 17.8 Å². The quantitative estimate of drug-likeness (QED) is 0.411. The molecule has 0 spiro atoms. The number of rotatable bonds is 8. The summed E-state index contributed by atoms with van der Waals surface area (Å²) in [7, 11) is 0. The van der Waals surface area contributed by atoms with Gasteiger partial charge >= 0.3 is 0 Å². The summed E-state index contributed by atoms with van der Waals surface area (Å²) >= 11 is 1.39. The summed E-state index contributed by atoms with van der Waals surface area (Å²) in [4.78, 5) is 33.2. The number of carbonyl (C=O) groups excluding carboxylic acids is 2. The van der Waals surface area contributed by atoms with E-state index in [0.717, 1.165) is 60.0 Å². The Hall–Kier alpha value is -2.80. The molecule has 4 rings (SSSR count). The molecule has 2 aromatic carbocycles. The predicted molar refractivity (Wildman–Crippen MR) is 144 cm³/mol. The minimum atomic E-state index is -0.0613. The normalized spacial score (nSPS) is 18.1. The van der Waals surface area contributed by atoms with E-state index in [-0.39, 0.29) is 36.2 Å². The number of benzene rings is 2. The molecule has 0 aliphatic carbocycles. The van der Waals surface area contributed by atoms with Crippen molar-refractivity contribution in [2.75, 3.05) is 11.1 Å². The number of likely N-dealkylation sites (tertiary alicyclic amines) is 1. The van der Waals surface area contributed by atoms with Gasteiger partial charge in [0.2, 0.25) is 11.8 Å². The van der Waals surface area contributed by atoms with Crippen LogP contribution in [0.5, 0.6) is 0 Å². The number of para-hydroxylation sites is 3. The minimum Gasteiger partial charge on any atom is -0.336 e. The highest BCUT2D eigenvalue weighted by Gasteiger charge is 2.29. The molecule has 35 heavy (non-hydrogen) atoms. The van der Waals surface area contributed by atoms with E-state index in [1.807, 2.05) is 39.8 Å². The smallest absolute Gasteiger partial charge is 0.243 e. The largest absolute Gasteiger partial charge is 0.336 e. The van der Waals surface area contributed by atoms with Gasteiger partial charge in [-0.15, -0.1) is 0 Å². The second kappa shape index (κ2) is 11.3. The van der Waals surface area contributed by atoms with Gasteiger partial charge in [0.15, 0.2) is 5.16 Å². The van der Waals surface area contributed by atoms with E-state index in [1.54, 1.807) is 0 Å². The lowest BCUT2D eigenvalue weighted by atomic mass is 9.97. The Bertz CT molecular complexity index is 1170. The summed E-state index contributed by atoms with van der Waals surface area (Å²) in [5.41, 5.74) is 4.98. The maximum Gasteiger partial charge on any atom is 0.243 e. The van der Waals surface area contributed by atoms with Crippen LogP contribution in [0.1, 0.15) is 58.1 Å². The Labute approximate surface area is 212 Å². The number of hydrogen-bond acceptors (Lipinski definition) is 4. The first-order valence-corrected chi connectivity index (χ1v) is 13.7. The van der Waals surface area contributed by atoms with Crippen molar-refractivity contribution in [1.82, 2.24) is 14.5 Å². The van der Waals surface area contributed by atoms with Gasteiger partial charge < -0.3 is 14.8 Å². The Morgan fingerprint density at radius 1 is 1.00 bits per heavy atom. The lowest BCUT2D eigenvalue weighted by molar-refractivity contribution is -0.138. The maximum atomic E-state index is 13.4. The van der Waals surface area contributed by atoms with Crippen molar-refractivity contribution in [1.29, 1.82) is 0 Å². The first-order valence-electron chi connectivity index (χ1n) is 12.7. The van der Waals surface area contributed by atoms with Gasteiger partial charge in [-0.25, -0.2) is 4.98 Å². The van der Waals surface area contributed by atoms with Crippen LogP contribution >= 0.6 is 11.8 Å². The van der Waals surface area contributed by atoms with Gasteiger partial charge in [-0.1, -0.05) is 55.9 Å². The van der Waals surface area contributed by atoms with Crippen LogP contribution in [0.4, 0.5) is 5.69 Å². The zero-order valence-corrected chi connectivity index (χ0v) is 22.0. The summed E-state index contributed by atoms with van der Waals surface area (Å²) in [5, 5.41) is 3.84. The van der Waals surface area contributed by atoms with Crippen LogP contribution in [0.15, 0.2) is 47.6 Å². The van der Waals surface area contributed by atoms with Crippen LogP contribution in [0.2, 0.25) is 0 Å². The zero-order valence-electron chi connectivity index (χ0n) is 21.2. The van der Waals surface area contributed by atoms with Crippen molar-refractivity contribution in [3.8, 4) is 0 Å². The number of imidazole rings is 1. The van der Waals surface area contributed by atoms with Crippen LogP contribution in [0, 0.1) is 0 Å². The molecule has 6 nitrogen and oxygen atoms in total. The van der Waals surface area contributed by atoms with Crippen molar-refractivity contribution >= 4 is 40.3 Å². The van der Waals surface area contributed by atoms with Crippen LogP contribution in [0.25, 0.3) is 11.0 Å². The third-order valence-corrected chi connectivity index (χ3v) is 7.97. The highest BCUT2D eigenvalue weighted by Crippen LogP contribution is 2.28. The van der Waals surface area contributed by atoms with Crippen LogP contribution < -0.4 is 5.32 Å². The number of aryl methyl sites for hydroxylation is 2. The Morgan fingerprint density at radius 3 is 2.31 bits per heavy atom. The Balaban J connectivity index is 1.53. The molecule has 1 aliphatic rings. The van der Waals surface area contributed by atoms with E-state index < -0.39 is 0 Å². The molecule has 1 fully saturated rings. The zero-order chi connectivity index (χ0) is 24.9. The van der Waals surface area contributed by atoms with Crippen molar-refractivity contribution < 1.29 is 9.59 Å². The molecule has 0 bridgehead atoms. The van der Waals surface area contributed by atoms with Crippen LogP contribution in [-0.2, 0) is 29.0 Å². The fourth-order valence-electron chi connectivity index (χ4n) is 5.15. The summed E-state index contributed by atoms with van der Waals surface area (Å²) in [6, 6.07) is 14.5. The standard InChI is InChI=1S/C28H36N4O2S/c1-5-21-13-10-14-22(6-2)27(21)30-25(33)18-35-28-29-23-15-7-8-16-24(23)31(28)17-26(34)32-19(3)11-9-12-20(32)4/h7-8,10,13-16,19-20H,5-6,9,11-12,17-18H2,1-4H3,(H,30,33)/t19-,20+. The predicted octanol–water partition coefficient (Wildman–Crippen LogP) is 5.68. The number of nitrogens with zero attached hydrogens (tertiary/aromatic N) is 3. The molecule has 1 aromatic heterocycles. The monoisotopic (exact) mass is 492 g/mol. The van der Waals surface area contributed by atoms with E-state index >= 15 is 0 Å². The molecular formula is C28H36N4O2S. The van der Waals surface area contributed by atoms with Crippen molar-refractivity contribution in [3.05, 3.63) is 53.6 Å². The van der Waals surface area contributed by atoms with Gasteiger partial charge in [0.05, 0.1) is 16.8 Å². The molecule has 1 saturated heterocycles. The van der Waals surface area contributed by atoms with Crippen molar-refractivity contribution in [2.45, 2.75) is 83.6 Å². The molecule has 3 aromatic rings. The molecule has 0 unspecified atom stereocenters. The number of nitrogens with one attached hydrogen (secondary N) is 1. The van der Waals surface area contributed by atoms with Crippen LogP contribution in [0.3, 0.4) is 0 Å². The van der Waals surface area contributed by atoms with Gasteiger partial charge in [-0.3, -0.25) is 9.59 Å². The minimum absolute atomic E-state index is 0.0613. The average Bonchev–Trinajstić information content (AvgIpc) is 3.20. The number of piperidine rings is 1. The third kappa shape index (κ3) is 5.56. The van der Waals surface area contributed by atoms with Crippen molar-refractivity contribution in [2.24, 2.45) is 0 Å². The molecule has 2 amide bonds. The van der Waals surface area contributed by atoms with Crippen LogP contribution in [-0.4, -0.2) is 44.1 Å². The van der Waals surface area contributed by atoms with E-state index in [1.165, 1.54) is 11.8 Å².